The van der Waals surface area contributed by atoms with E-state index in [4.69, 9.17) is 0 Å². The van der Waals surface area contributed by atoms with Gasteiger partial charge >= 0.3 is 0 Å². The third kappa shape index (κ3) is 4.22. The molecule has 1 saturated carbocycles. The van der Waals surface area contributed by atoms with Gasteiger partial charge in [-0.15, -0.1) is 0 Å². The molecule has 1 aliphatic carbocycles. The highest BCUT2D eigenvalue weighted by Crippen LogP contribution is 2.33. The zero-order valence-corrected chi connectivity index (χ0v) is 15.1. The minimum Gasteiger partial charge on any atom is -0.308 e. The van der Waals surface area contributed by atoms with Crippen molar-refractivity contribution in [3.8, 4) is 0 Å². The fraction of sp³-hybridized carbons (Fsp3) is 1.00. The Morgan fingerprint density at radius 3 is 2.19 bits per heavy atom. The van der Waals surface area contributed by atoms with Gasteiger partial charge in [-0.1, -0.05) is 53.9 Å². The van der Waals surface area contributed by atoms with Crippen molar-refractivity contribution >= 4 is 0 Å². The van der Waals surface area contributed by atoms with Crippen LogP contribution in [0, 0.1) is 17.8 Å². The molecule has 2 rings (SSSR count). The van der Waals surface area contributed by atoms with Gasteiger partial charge in [0.1, 0.15) is 0 Å². The molecule has 0 aromatic rings. The zero-order chi connectivity index (χ0) is 15.5. The molecule has 2 heteroatoms. The van der Waals surface area contributed by atoms with Crippen molar-refractivity contribution in [3.63, 3.8) is 0 Å². The Kier molecular flexibility index (Phi) is 6.14. The van der Waals surface area contributed by atoms with Gasteiger partial charge in [-0.25, -0.2) is 0 Å². The maximum atomic E-state index is 3.96. The highest BCUT2D eigenvalue weighted by atomic mass is 15.3. The molecule has 1 saturated heterocycles. The zero-order valence-electron chi connectivity index (χ0n) is 15.1. The smallest absolute Gasteiger partial charge is 0.0309 e. The third-order valence-corrected chi connectivity index (χ3v) is 6.17. The molecule has 1 unspecified atom stereocenters. The van der Waals surface area contributed by atoms with Gasteiger partial charge in [0.05, 0.1) is 0 Å². The fourth-order valence-corrected chi connectivity index (χ4v) is 4.68. The molecule has 0 aromatic carbocycles. The molecular weight excluding hydrogens is 256 g/mol. The van der Waals surface area contributed by atoms with Crippen LogP contribution in [0.3, 0.4) is 0 Å². The monoisotopic (exact) mass is 294 g/mol. The summed E-state index contributed by atoms with van der Waals surface area (Å²) < 4.78 is 0. The van der Waals surface area contributed by atoms with E-state index in [2.05, 4.69) is 44.8 Å². The summed E-state index contributed by atoms with van der Waals surface area (Å²) in [4.78, 5) is 2.85. The molecular formula is C19H38N2. The van der Waals surface area contributed by atoms with Crippen LogP contribution in [0.15, 0.2) is 0 Å². The Labute approximate surface area is 133 Å². The number of hydrogen-bond acceptors (Lipinski definition) is 2. The molecule has 1 spiro atoms. The van der Waals surface area contributed by atoms with Gasteiger partial charge in [-0.2, -0.15) is 0 Å². The fourth-order valence-electron chi connectivity index (χ4n) is 4.68. The SMILES string of the molecule is CCC1CNC2(CCCCC2)CN1CC(C(C)C)C(C)C. The van der Waals surface area contributed by atoms with Crippen LogP contribution in [0.25, 0.3) is 0 Å². The van der Waals surface area contributed by atoms with Crippen molar-refractivity contribution in [2.24, 2.45) is 17.8 Å². The van der Waals surface area contributed by atoms with Crippen LogP contribution in [-0.2, 0) is 0 Å². The summed E-state index contributed by atoms with van der Waals surface area (Å²) in [7, 11) is 0. The quantitative estimate of drug-likeness (QED) is 0.813. The number of rotatable bonds is 5. The van der Waals surface area contributed by atoms with Crippen LogP contribution in [-0.4, -0.2) is 36.1 Å². The molecule has 0 amide bonds. The van der Waals surface area contributed by atoms with Gasteiger partial charge in [0, 0.05) is 31.2 Å². The van der Waals surface area contributed by atoms with Gasteiger partial charge in [0.25, 0.3) is 0 Å². The normalized spacial score (nSPS) is 27.1. The summed E-state index contributed by atoms with van der Waals surface area (Å²) in [6.45, 7) is 15.8. The second kappa shape index (κ2) is 7.46. The minimum absolute atomic E-state index is 0.447. The van der Waals surface area contributed by atoms with Crippen LogP contribution in [0.1, 0.15) is 73.1 Å². The molecule has 1 atom stereocenters. The first-order chi connectivity index (χ1) is 9.97. The number of nitrogens with zero attached hydrogens (tertiary/aromatic N) is 1. The third-order valence-electron chi connectivity index (χ3n) is 6.17. The van der Waals surface area contributed by atoms with Crippen molar-refractivity contribution in [1.82, 2.24) is 10.2 Å². The summed E-state index contributed by atoms with van der Waals surface area (Å²) in [6.07, 6.45) is 8.37. The average Bonchev–Trinajstić information content (AvgIpc) is 2.45. The summed E-state index contributed by atoms with van der Waals surface area (Å²) in [5.41, 5.74) is 0.447. The Morgan fingerprint density at radius 1 is 1.05 bits per heavy atom. The standard InChI is InChI=1S/C19H38N2/c1-6-17-12-20-19(10-8-7-9-11-19)14-21(17)13-18(15(2)3)16(4)5/h15-18,20H,6-14H2,1-5H3. The molecule has 0 aromatic heterocycles. The van der Waals surface area contributed by atoms with Crippen LogP contribution in [0.5, 0.6) is 0 Å². The largest absolute Gasteiger partial charge is 0.308 e. The number of nitrogens with one attached hydrogen (secondary N) is 1. The lowest BCUT2D eigenvalue weighted by molar-refractivity contribution is 0.0297. The molecule has 1 N–H and O–H groups in total. The summed E-state index contributed by atoms with van der Waals surface area (Å²) in [6, 6.07) is 0.748. The number of hydrogen-bond donors (Lipinski definition) is 1. The second-order valence-electron chi connectivity index (χ2n) is 8.37. The topological polar surface area (TPSA) is 15.3 Å². The summed E-state index contributed by atoms with van der Waals surface area (Å²) in [5, 5.41) is 3.96. The number of piperazine rings is 1. The van der Waals surface area contributed by atoms with E-state index in [0.29, 0.717) is 5.54 Å². The van der Waals surface area contributed by atoms with Crippen molar-refractivity contribution in [2.75, 3.05) is 19.6 Å². The molecule has 0 bridgehead atoms. The summed E-state index contributed by atoms with van der Waals surface area (Å²) in [5.74, 6) is 2.41. The predicted octanol–water partition coefficient (Wildman–Crippen LogP) is 4.30. The lowest BCUT2D eigenvalue weighted by Crippen LogP contribution is -2.65. The van der Waals surface area contributed by atoms with Crippen LogP contribution < -0.4 is 5.32 Å². The van der Waals surface area contributed by atoms with E-state index in [9.17, 15) is 0 Å². The highest BCUT2D eigenvalue weighted by molar-refractivity contribution is 5.00. The Balaban J connectivity index is 2.05. The Morgan fingerprint density at radius 2 is 1.67 bits per heavy atom. The average molecular weight is 295 g/mol. The van der Waals surface area contributed by atoms with Gasteiger partial charge in [-0.3, -0.25) is 4.90 Å². The lowest BCUT2D eigenvalue weighted by atomic mass is 9.78. The Hall–Kier alpha value is -0.0800. The van der Waals surface area contributed by atoms with Crippen LogP contribution in [0.4, 0.5) is 0 Å². The maximum absolute atomic E-state index is 3.96. The Bertz CT molecular complexity index is 297. The molecule has 1 aliphatic heterocycles. The lowest BCUT2D eigenvalue weighted by Gasteiger charge is -2.51. The van der Waals surface area contributed by atoms with Crippen molar-refractivity contribution in [2.45, 2.75) is 84.7 Å². The first-order valence-electron chi connectivity index (χ1n) is 9.46. The van der Waals surface area contributed by atoms with Crippen molar-refractivity contribution in [3.05, 3.63) is 0 Å². The van der Waals surface area contributed by atoms with Crippen molar-refractivity contribution < 1.29 is 0 Å². The van der Waals surface area contributed by atoms with Gasteiger partial charge in [0.15, 0.2) is 0 Å². The molecule has 2 nitrogen and oxygen atoms in total. The van der Waals surface area contributed by atoms with E-state index in [1.165, 1.54) is 58.2 Å². The van der Waals surface area contributed by atoms with Gasteiger partial charge in [-0.05, 0) is 37.0 Å². The summed E-state index contributed by atoms with van der Waals surface area (Å²) >= 11 is 0. The molecule has 2 fully saturated rings. The van der Waals surface area contributed by atoms with Crippen LogP contribution in [0.2, 0.25) is 0 Å². The van der Waals surface area contributed by atoms with E-state index < -0.39 is 0 Å². The van der Waals surface area contributed by atoms with E-state index >= 15 is 0 Å². The van der Waals surface area contributed by atoms with Gasteiger partial charge in [0.2, 0.25) is 0 Å². The van der Waals surface area contributed by atoms with E-state index in [1.807, 2.05) is 0 Å². The first-order valence-corrected chi connectivity index (χ1v) is 9.46. The molecule has 2 aliphatic rings. The van der Waals surface area contributed by atoms with E-state index in [0.717, 1.165) is 23.8 Å². The molecule has 1 heterocycles. The van der Waals surface area contributed by atoms with E-state index in [-0.39, 0.29) is 0 Å². The molecule has 124 valence electrons. The molecule has 21 heavy (non-hydrogen) atoms. The molecule has 0 radical (unpaired) electrons. The second-order valence-corrected chi connectivity index (χ2v) is 8.37. The maximum Gasteiger partial charge on any atom is 0.0309 e. The van der Waals surface area contributed by atoms with Crippen molar-refractivity contribution in [1.29, 1.82) is 0 Å². The predicted molar refractivity (Wildman–Crippen MR) is 92.6 cm³/mol. The van der Waals surface area contributed by atoms with Gasteiger partial charge < -0.3 is 5.32 Å². The van der Waals surface area contributed by atoms with Crippen LogP contribution >= 0.6 is 0 Å². The minimum atomic E-state index is 0.447. The van der Waals surface area contributed by atoms with E-state index in [1.54, 1.807) is 0 Å². The highest BCUT2D eigenvalue weighted by Gasteiger charge is 2.40. The first kappa shape index (κ1) is 17.3.